The topological polar surface area (TPSA) is 121 Å². The molecule has 2 aliphatic rings. The van der Waals surface area contributed by atoms with Crippen molar-refractivity contribution in [3.05, 3.63) is 0 Å². The van der Waals surface area contributed by atoms with Gasteiger partial charge in [-0.05, 0) is 70.6 Å². The molecular weight excluding hydrogens is 429 g/mol. The van der Waals surface area contributed by atoms with E-state index in [1.54, 1.807) is 27.7 Å². The fourth-order valence-electron chi connectivity index (χ4n) is 5.49. The summed E-state index contributed by atoms with van der Waals surface area (Å²) in [5.74, 6) is -2.21. The molecule has 0 aromatic heterocycles. The number of rotatable bonds is 8. The number of aliphatic hydroxyl groups is 2. The van der Waals surface area contributed by atoms with Crippen LogP contribution in [0.2, 0.25) is 0 Å². The second kappa shape index (κ2) is 8.22. The molecule has 6 atom stereocenters. The second-order valence-electron chi connectivity index (χ2n) is 9.66. The molecule has 6 unspecified atom stereocenters. The number of esters is 1. The first-order chi connectivity index (χ1) is 13.4. The van der Waals surface area contributed by atoms with Gasteiger partial charge in [0, 0.05) is 6.42 Å². The first-order valence-electron chi connectivity index (χ1n) is 9.99. The highest BCUT2D eigenvalue weighted by Crippen LogP contribution is 2.58. The molecule has 0 spiro atoms. The van der Waals surface area contributed by atoms with Crippen LogP contribution in [0.5, 0.6) is 0 Å². The van der Waals surface area contributed by atoms with E-state index in [9.17, 15) is 36.6 Å². The van der Waals surface area contributed by atoms with E-state index < -0.39 is 63.6 Å². The van der Waals surface area contributed by atoms with Crippen LogP contribution in [-0.2, 0) is 19.6 Å². The number of hydrogen-bond donors (Lipinski definition) is 3. The van der Waals surface area contributed by atoms with Gasteiger partial charge in [-0.15, -0.1) is 0 Å². The van der Waals surface area contributed by atoms with Crippen LogP contribution in [0.3, 0.4) is 0 Å². The zero-order valence-electron chi connectivity index (χ0n) is 17.5. The molecule has 0 radical (unpaired) electrons. The Morgan fingerprint density at radius 3 is 2.10 bits per heavy atom. The zero-order chi connectivity index (χ0) is 23.3. The minimum Gasteiger partial charge on any atom is -0.465 e. The smallest absolute Gasteiger partial charge is 0.400 e. The van der Waals surface area contributed by atoms with Gasteiger partial charge < -0.3 is 14.9 Å². The maximum absolute atomic E-state index is 13.6. The summed E-state index contributed by atoms with van der Waals surface area (Å²) in [4.78, 5) is 12.6. The number of carbonyl (C=O) groups is 1. The number of ether oxygens (including phenoxy) is 1. The first-order valence-corrected chi connectivity index (χ1v) is 11.4. The lowest BCUT2D eigenvalue weighted by Gasteiger charge is -2.41. The first kappa shape index (κ1) is 25.4. The predicted molar refractivity (Wildman–Crippen MR) is 101 cm³/mol. The summed E-state index contributed by atoms with van der Waals surface area (Å²) in [7, 11) is -5.92. The fourth-order valence-corrected chi connectivity index (χ4v) is 5.93. The van der Waals surface area contributed by atoms with Crippen LogP contribution in [0.25, 0.3) is 0 Å². The van der Waals surface area contributed by atoms with Gasteiger partial charge in [-0.2, -0.15) is 17.2 Å². The van der Waals surface area contributed by atoms with Gasteiger partial charge >= 0.3 is 21.3 Å². The molecule has 2 saturated carbocycles. The Morgan fingerprint density at radius 2 is 1.63 bits per heavy atom. The normalized spacial score (nSPS) is 31.5. The molecule has 7 nitrogen and oxygen atoms in total. The highest BCUT2D eigenvalue weighted by atomic mass is 32.2. The van der Waals surface area contributed by atoms with Crippen molar-refractivity contribution in [1.29, 1.82) is 0 Å². The Kier molecular flexibility index (Phi) is 6.94. The molecule has 0 saturated heterocycles. The van der Waals surface area contributed by atoms with Gasteiger partial charge in [0.2, 0.25) is 0 Å². The molecule has 2 aliphatic carbocycles. The molecule has 30 heavy (non-hydrogen) atoms. The van der Waals surface area contributed by atoms with E-state index >= 15 is 0 Å². The SMILES string of the molecule is CC(C)(O)C1C2CCC(C(=O)OCCC(F)C(F)(F)S(=O)(=O)O)C(C2)C1C(C)(C)O. The van der Waals surface area contributed by atoms with Gasteiger partial charge in [-0.25, -0.2) is 4.39 Å². The van der Waals surface area contributed by atoms with Gasteiger partial charge in [-0.1, -0.05) is 0 Å². The lowest BCUT2D eigenvalue weighted by Crippen LogP contribution is -2.47. The van der Waals surface area contributed by atoms with Gasteiger partial charge in [0.15, 0.2) is 6.17 Å². The Balaban J connectivity index is 2.07. The minimum atomic E-state index is -5.92. The van der Waals surface area contributed by atoms with Crippen LogP contribution in [0.4, 0.5) is 13.2 Å². The van der Waals surface area contributed by atoms with Crippen molar-refractivity contribution in [3.8, 4) is 0 Å². The van der Waals surface area contributed by atoms with E-state index in [0.29, 0.717) is 19.3 Å². The van der Waals surface area contributed by atoms with E-state index in [2.05, 4.69) is 0 Å². The number of alkyl halides is 3. The number of halogens is 3. The lowest BCUT2D eigenvalue weighted by atomic mass is 9.69. The summed E-state index contributed by atoms with van der Waals surface area (Å²) in [5.41, 5.74) is -2.26. The molecule has 11 heteroatoms. The monoisotopic (exact) mass is 460 g/mol. The van der Waals surface area contributed by atoms with Crippen molar-refractivity contribution in [3.63, 3.8) is 0 Å². The van der Waals surface area contributed by atoms with Crippen molar-refractivity contribution < 1.29 is 45.9 Å². The van der Waals surface area contributed by atoms with E-state index in [1.807, 2.05) is 0 Å². The van der Waals surface area contributed by atoms with E-state index in [-0.39, 0.29) is 17.8 Å². The van der Waals surface area contributed by atoms with Crippen molar-refractivity contribution >= 4 is 16.1 Å². The second-order valence-corrected chi connectivity index (χ2v) is 11.2. The van der Waals surface area contributed by atoms with Crippen LogP contribution in [0, 0.1) is 29.6 Å². The molecule has 0 aromatic carbocycles. The molecule has 0 amide bonds. The van der Waals surface area contributed by atoms with Gasteiger partial charge in [-0.3, -0.25) is 9.35 Å². The predicted octanol–water partition coefficient (Wildman–Crippen LogP) is 2.56. The average Bonchev–Trinajstić information content (AvgIpc) is 2.86. The quantitative estimate of drug-likeness (QED) is 0.376. The van der Waals surface area contributed by atoms with E-state index in [1.165, 1.54) is 0 Å². The summed E-state index contributed by atoms with van der Waals surface area (Å²) in [6.45, 7) is 5.79. The highest BCUT2D eigenvalue weighted by molar-refractivity contribution is 7.86. The Labute approximate surface area is 174 Å². The van der Waals surface area contributed by atoms with Gasteiger partial charge in [0.25, 0.3) is 0 Å². The third kappa shape index (κ3) is 4.94. The maximum atomic E-state index is 13.6. The molecule has 2 rings (SSSR count). The van der Waals surface area contributed by atoms with Crippen molar-refractivity contribution in [1.82, 2.24) is 0 Å². The molecule has 0 aliphatic heterocycles. The molecule has 2 fully saturated rings. The molecule has 0 heterocycles. The summed E-state index contributed by atoms with van der Waals surface area (Å²) in [5, 5.41) is 16.4. The van der Waals surface area contributed by atoms with Crippen molar-refractivity contribution in [2.24, 2.45) is 29.6 Å². The van der Waals surface area contributed by atoms with Crippen LogP contribution >= 0.6 is 0 Å². The van der Waals surface area contributed by atoms with Crippen LogP contribution in [0.15, 0.2) is 0 Å². The highest BCUT2D eigenvalue weighted by Gasteiger charge is 2.59. The molecule has 3 N–H and O–H groups in total. The lowest BCUT2D eigenvalue weighted by molar-refractivity contribution is -0.155. The van der Waals surface area contributed by atoms with Gasteiger partial charge in [0.1, 0.15) is 0 Å². The Hall–Kier alpha value is -0.910. The Bertz CT molecular complexity index is 742. The zero-order valence-corrected chi connectivity index (χ0v) is 18.3. The van der Waals surface area contributed by atoms with Gasteiger partial charge in [0.05, 0.1) is 23.7 Å². The van der Waals surface area contributed by atoms with Crippen molar-refractivity contribution in [2.45, 2.75) is 76.0 Å². The minimum absolute atomic E-state index is 0.110. The maximum Gasteiger partial charge on any atom is 0.400 e. The molecule has 176 valence electrons. The number of carbonyl (C=O) groups excluding carboxylic acids is 1. The molecule has 0 aromatic rings. The third-order valence-corrected chi connectivity index (χ3v) is 7.50. The standard InChI is InChI=1S/C19H31F3O7S/c1-17(2,24)14-10-5-6-11(12(9-10)15(14)18(3,4)25)16(23)29-8-7-13(20)19(21,22)30(26,27)28/h10-15,24-25H,5-9H2,1-4H3,(H,26,27,28). The Morgan fingerprint density at radius 1 is 1.10 bits per heavy atom. The summed E-state index contributed by atoms with van der Waals surface area (Å²) in [6, 6.07) is 0. The summed E-state index contributed by atoms with van der Waals surface area (Å²) in [6.07, 6.45) is -2.70. The number of fused-ring (bicyclic) bond motifs is 2. The van der Waals surface area contributed by atoms with E-state index in [4.69, 9.17) is 9.29 Å². The average molecular weight is 461 g/mol. The van der Waals surface area contributed by atoms with Crippen LogP contribution < -0.4 is 0 Å². The largest absolute Gasteiger partial charge is 0.465 e. The van der Waals surface area contributed by atoms with Crippen molar-refractivity contribution in [2.75, 3.05) is 6.61 Å². The van der Waals surface area contributed by atoms with E-state index in [0.717, 1.165) is 0 Å². The summed E-state index contributed by atoms with van der Waals surface area (Å²) < 4.78 is 74.6. The van der Waals surface area contributed by atoms with Crippen LogP contribution in [-0.4, -0.2) is 58.4 Å². The third-order valence-electron chi connectivity index (χ3n) is 6.55. The van der Waals surface area contributed by atoms with Crippen LogP contribution in [0.1, 0.15) is 53.4 Å². The number of hydrogen-bond acceptors (Lipinski definition) is 6. The molecule has 2 bridgehead atoms. The fraction of sp³-hybridized carbons (Fsp3) is 0.947. The molecular formula is C19H31F3O7S. The summed E-state index contributed by atoms with van der Waals surface area (Å²) >= 11 is 0.